The van der Waals surface area contributed by atoms with Crippen molar-refractivity contribution in [1.29, 1.82) is 0 Å². The molecule has 0 spiro atoms. The molecule has 0 saturated carbocycles. The lowest BCUT2D eigenvalue weighted by Gasteiger charge is -2.31. The molecule has 0 unspecified atom stereocenters. The van der Waals surface area contributed by atoms with Gasteiger partial charge in [-0.15, -0.1) is 0 Å². The minimum absolute atomic E-state index is 0.0557. The molecule has 3 rings (SSSR count). The van der Waals surface area contributed by atoms with Crippen LogP contribution in [0.15, 0.2) is 30.5 Å². The van der Waals surface area contributed by atoms with Crippen LogP contribution in [0.2, 0.25) is 0 Å². The van der Waals surface area contributed by atoms with Crippen molar-refractivity contribution in [2.24, 2.45) is 5.92 Å². The number of aromatic nitrogens is 2. The van der Waals surface area contributed by atoms with Gasteiger partial charge in [0.15, 0.2) is 0 Å². The van der Waals surface area contributed by atoms with E-state index in [-0.39, 0.29) is 17.7 Å². The highest BCUT2D eigenvalue weighted by atomic mass is 19.1. The Morgan fingerprint density at radius 3 is 2.96 bits per heavy atom. The average molecular weight is 331 g/mol. The maximum Gasteiger partial charge on any atom is 0.310 e. The Balaban J connectivity index is 1.69. The third-order valence-electron chi connectivity index (χ3n) is 4.37. The van der Waals surface area contributed by atoms with Gasteiger partial charge in [-0.25, -0.2) is 4.39 Å². The number of rotatable bonds is 5. The van der Waals surface area contributed by atoms with Gasteiger partial charge in [0.1, 0.15) is 5.82 Å². The molecule has 1 fully saturated rings. The van der Waals surface area contributed by atoms with E-state index in [2.05, 4.69) is 15.1 Å². The molecule has 2 heterocycles. The Kier molecular flexibility index (Phi) is 5.25. The lowest BCUT2D eigenvalue weighted by atomic mass is 9.97. The zero-order chi connectivity index (χ0) is 16.9. The number of H-pyrrole nitrogens is 1. The summed E-state index contributed by atoms with van der Waals surface area (Å²) in [7, 11) is 0. The van der Waals surface area contributed by atoms with E-state index in [1.807, 2.05) is 6.92 Å². The Morgan fingerprint density at radius 1 is 1.42 bits per heavy atom. The predicted octanol–water partition coefficient (Wildman–Crippen LogP) is 2.99. The number of carbonyl (C=O) groups is 1. The van der Waals surface area contributed by atoms with Crippen LogP contribution in [0.25, 0.3) is 11.3 Å². The Hall–Kier alpha value is -2.21. The number of nitrogens with zero attached hydrogens (tertiary/aromatic N) is 2. The van der Waals surface area contributed by atoms with Crippen molar-refractivity contribution in [3.05, 3.63) is 41.8 Å². The smallest absolute Gasteiger partial charge is 0.310 e. The van der Waals surface area contributed by atoms with Crippen LogP contribution in [0.5, 0.6) is 0 Å². The first-order valence-corrected chi connectivity index (χ1v) is 8.34. The topological polar surface area (TPSA) is 58.2 Å². The van der Waals surface area contributed by atoms with E-state index in [9.17, 15) is 9.18 Å². The highest BCUT2D eigenvalue weighted by molar-refractivity contribution is 5.72. The first kappa shape index (κ1) is 16.6. The van der Waals surface area contributed by atoms with Crippen LogP contribution in [-0.4, -0.2) is 40.8 Å². The van der Waals surface area contributed by atoms with Gasteiger partial charge < -0.3 is 4.74 Å². The third-order valence-corrected chi connectivity index (χ3v) is 4.37. The van der Waals surface area contributed by atoms with Crippen molar-refractivity contribution >= 4 is 5.97 Å². The maximum absolute atomic E-state index is 13.1. The summed E-state index contributed by atoms with van der Waals surface area (Å²) in [5.74, 6) is -0.416. The summed E-state index contributed by atoms with van der Waals surface area (Å²) in [6.07, 6.45) is 3.66. The summed E-state index contributed by atoms with van der Waals surface area (Å²) in [5, 5.41) is 7.13. The van der Waals surface area contributed by atoms with Gasteiger partial charge in [-0.05, 0) is 50.6 Å². The number of piperidine rings is 1. The van der Waals surface area contributed by atoms with E-state index in [0.29, 0.717) is 19.7 Å². The largest absolute Gasteiger partial charge is 0.466 e. The maximum atomic E-state index is 13.1. The summed E-state index contributed by atoms with van der Waals surface area (Å²) in [5.41, 5.74) is 2.85. The number of halogens is 1. The van der Waals surface area contributed by atoms with E-state index < -0.39 is 0 Å². The molecule has 1 aliphatic heterocycles. The Morgan fingerprint density at radius 2 is 2.21 bits per heavy atom. The van der Waals surface area contributed by atoms with Gasteiger partial charge in [0.25, 0.3) is 0 Å². The van der Waals surface area contributed by atoms with Crippen LogP contribution in [0.4, 0.5) is 4.39 Å². The van der Waals surface area contributed by atoms with E-state index in [1.165, 1.54) is 12.1 Å². The summed E-state index contributed by atoms with van der Waals surface area (Å²) < 4.78 is 18.3. The van der Waals surface area contributed by atoms with Crippen molar-refractivity contribution in [2.75, 3.05) is 19.7 Å². The average Bonchev–Trinajstić information content (AvgIpc) is 3.04. The summed E-state index contributed by atoms with van der Waals surface area (Å²) >= 11 is 0. The van der Waals surface area contributed by atoms with Gasteiger partial charge >= 0.3 is 5.97 Å². The van der Waals surface area contributed by atoms with Crippen molar-refractivity contribution in [3.63, 3.8) is 0 Å². The van der Waals surface area contributed by atoms with Crippen molar-refractivity contribution in [1.82, 2.24) is 15.1 Å². The fourth-order valence-corrected chi connectivity index (χ4v) is 3.19. The van der Waals surface area contributed by atoms with E-state index in [4.69, 9.17) is 4.74 Å². The fourth-order valence-electron chi connectivity index (χ4n) is 3.19. The van der Waals surface area contributed by atoms with Crippen LogP contribution >= 0.6 is 0 Å². The molecule has 6 heteroatoms. The van der Waals surface area contributed by atoms with Gasteiger partial charge in [0, 0.05) is 24.2 Å². The van der Waals surface area contributed by atoms with Crippen LogP contribution in [0.3, 0.4) is 0 Å². The molecule has 5 nitrogen and oxygen atoms in total. The SMILES string of the molecule is CCOC(=O)[C@@H]1CCCN(Cc2cn[nH]c2-c2ccc(F)cc2)C1. The quantitative estimate of drug-likeness (QED) is 0.856. The standard InChI is InChI=1S/C18H22FN3O2/c1-2-24-18(23)14-4-3-9-22(11-14)12-15-10-20-21-17(15)13-5-7-16(19)8-6-13/h5-8,10,14H,2-4,9,11-12H2,1H3,(H,20,21)/t14-/m1/s1. The Labute approximate surface area is 140 Å². The van der Waals surface area contributed by atoms with Crippen molar-refractivity contribution < 1.29 is 13.9 Å². The van der Waals surface area contributed by atoms with E-state index >= 15 is 0 Å². The van der Waals surface area contributed by atoms with Crippen LogP contribution in [0, 0.1) is 11.7 Å². The molecule has 24 heavy (non-hydrogen) atoms. The highest BCUT2D eigenvalue weighted by Gasteiger charge is 2.27. The zero-order valence-electron chi connectivity index (χ0n) is 13.8. The molecular weight excluding hydrogens is 309 g/mol. The van der Waals surface area contributed by atoms with Crippen LogP contribution in [0.1, 0.15) is 25.3 Å². The number of nitrogens with one attached hydrogen (secondary N) is 1. The lowest BCUT2D eigenvalue weighted by molar-refractivity contribution is -0.150. The van der Waals surface area contributed by atoms with Crippen molar-refractivity contribution in [3.8, 4) is 11.3 Å². The number of carbonyl (C=O) groups excluding carboxylic acids is 1. The molecule has 1 aromatic heterocycles. The molecule has 1 saturated heterocycles. The number of esters is 1. The molecular formula is C18H22FN3O2. The molecule has 0 radical (unpaired) electrons. The van der Waals surface area contributed by atoms with Crippen molar-refractivity contribution in [2.45, 2.75) is 26.3 Å². The molecule has 2 aromatic rings. The number of aromatic amines is 1. The van der Waals surface area contributed by atoms with Gasteiger partial charge in [-0.2, -0.15) is 5.10 Å². The molecule has 1 atom stereocenters. The van der Waals surface area contributed by atoms with Crippen LogP contribution < -0.4 is 0 Å². The normalized spacial score (nSPS) is 18.5. The van der Waals surface area contributed by atoms with E-state index in [0.717, 1.165) is 36.2 Å². The number of ether oxygens (including phenoxy) is 1. The van der Waals surface area contributed by atoms with Crippen LogP contribution in [-0.2, 0) is 16.1 Å². The molecule has 0 amide bonds. The number of hydrogen-bond donors (Lipinski definition) is 1. The number of benzene rings is 1. The summed E-state index contributed by atoms with van der Waals surface area (Å²) in [6, 6.07) is 6.36. The number of hydrogen-bond acceptors (Lipinski definition) is 4. The minimum Gasteiger partial charge on any atom is -0.466 e. The second-order valence-corrected chi connectivity index (χ2v) is 6.10. The molecule has 0 aliphatic carbocycles. The molecule has 1 aromatic carbocycles. The third kappa shape index (κ3) is 3.82. The second kappa shape index (κ2) is 7.57. The Bertz CT molecular complexity index is 684. The highest BCUT2D eigenvalue weighted by Crippen LogP contribution is 2.25. The van der Waals surface area contributed by atoms with Gasteiger partial charge in [0.2, 0.25) is 0 Å². The molecule has 128 valence electrons. The van der Waals surface area contributed by atoms with E-state index in [1.54, 1.807) is 18.3 Å². The lowest BCUT2D eigenvalue weighted by Crippen LogP contribution is -2.38. The fraction of sp³-hybridized carbons (Fsp3) is 0.444. The molecule has 1 N–H and O–H groups in total. The minimum atomic E-state index is -0.256. The van der Waals surface area contributed by atoms with Gasteiger partial charge in [0.05, 0.1) is 24.4 Å². The predicted molar refractivity (Wildman–Crippen MR) is 88.6 cm³/mol. The van der Waals surface area contributed by atoms with Gasteiger partial charge in [-0.1, -0.05) is 0 Å². The molecule has 1 aliphatic rings. The summed E-state index contributed by atoms with van der Waals surface area (Å²) in [4.78, 5) is 14.2. The first-order valence-electron chi connectivity index (χ1n) is 8.34. The first-order chi connectivity index (χ1) is 11.7. The zero-order valence-corrected chi connectivity index (χ0v) is 13.8. The van der Waals surface area contributed by atoms with Gasteiger partial charge in [-0.3, -0.25) is 14.8 Å². The monoisotopic (exact) mass is 331 g/mol. The second-order valence-electron chi connectivity index (χ2n) is 6.10. The summed E-state index contributed by atoms with van der Waals surface area (Å²) in [6.45, 7) is 4.61. The molecule has 0 bridgehead atoms. The number of likely N-dealkylation sites (tertiary alicyclic amines) is 1.